The molecule has 0 saturated carbocycles. The highest BCUT2D eigenvalue weighted by atomic mass is 16.4. The summed E-state index contributed by atoms with van der Waals surface area (Å²) in [4.78, 5) is 20.3. The first-order valence-corrected chi connectivity index (χ1v) is 3.44. The second kappa shape index (κ2) is 4.66. The zero-order valence-corrected chi connectivity index (χ0v) is 6.54. The maximum atomic E-state index is 10.2. The maximum absolute atomic E-state index is 10.2. The van der Waals surface area contributed by atoms with Crippen LogP contribution >= 0.6 is 0 Å². The number of hydrogen-bond acceptors (Lipinski definition) is 2. The van der Waals surface area contributed by atoms with Crippen molar-refractivity contribution in [2.45, 2.75) is 19.8 Å². The Balaban J connectivity index is 3.62. The number of rotatable bonds is 5. The highest BCUT2D eigenvalue weighted by molar-refractivity contribution is 5.85. The van der Waals surface area contributed by atoms with Crippen LogP contribution in [0.4, 0.5) is 0 Å². The number of carbonyl (C=O) groups is 2. The third kappa shape index (κ3) is 4.31. The second-order valence-corrected chi connectivity index (χ2v) is 2.56. The van der Waals surface area contributed by atoms with E-state index in [0.717, 1.165) is 6.29 Å². The molecule has 1 atom stereocenters. The highest BCUT2D eigenvalue weighted by Crippen LogP contribution is 2.08. The molecule has 0 bridgehead atoms. The van der Waals surface area contributed by atoms with Crippen molar-refractivity contribution >= 4 is 12.3 Å². The Morgan fingerprint density at radius 3 is 2.64 bits per heavy atom. The molecular formula is C8H12O3. The van der Waals surface area contributed by atoms with Crippen molar-refractivity contribution in [1.29, 1.82) is 0 Å². The first-order valence-electron chi connectivity index (χ1n) is 3.44. The standard InChI is InChI=1S/C8H12O3/c1-6(5-9)3-4-7(2)8(10)11/h5-6H,2-4H2,1H3,(H,10,11). The van der Waals surface area contributed by atoms with Crippen LogP contribution in [0.2, 0.25) is 0 Å². The minimum absolute atomic E-state index is 0.0777. The van der Waals surface area contributed by atoms with Crippen molar-refractivity contribution in [2.75, 3.05) is 0 Å². The Hall–Kier alpha value is -1.12. The summed E-state index contributed by atoms with van der Waals surface area (Å²) in [7, 11) is 0. The van der Waals surface area contributed by atoms with Crippen LogP contribution in [0.15, 0.2) is 12.2 Å². The third-order valence-electron chi connectivity index (χ3n) is 1.44. The van der Waals surface area contributed by atoms with E-state index in [9.17, 15) is 9.59 Å². The Morgan fingerprint density at radius 2 is 2.27 bits per heavy atom. The first-order chi connectivity index (χ1) is 5.07. The van der Waals surface area contributed by atoms with Crippen LogP contribution in [-0.2, 0) is 9.59 Å². The maximum Gasteiger partial charge on any atom is 0.330 e. The minimum Gasteiger partial charge on any atom is -0.478 e. The van der Waals surface area contributed by atoms with Crippen molar-refractivity contribution < 1.29 is 14.7 Å². The average Bonchev–Trinajstić information content (AvgIpc) is 1.99. The number of carboxylic acids is 1. The molecule has 0 aliphatic carbocycles. The molecular weight excluding hydrogens is 144 g/mol. The molecule has 62 valence electrons. The molecule has 0 aromatic heterocycles. The van der Waals surface area contributed by atoms with Crippen LogP contribution in [-0.4, -0.2) is 17.4 Å². The number of carboxylic acid groups (broad SMARTS) is 1. The number of aliphatic carboxylic acids is 1. The van der Waals surface area contributed by atoms with Crippen LogP contribution in [0.1, 0.15) is 19.8 Å². The summed E-state index contributed by atoms with van der Waals surface area (Å²) in [5, 5.41) is 8.38. The van der Waals surface area contributed by atoms with E-state index in [1.54, 1.807) is 6.92 Å². The molecule has 0 amide bonds. The predicted octanol–water partition coefficient (Wildman–Crippen LogP) is 1.24. The molecule has 0 aromatic carbocycles. The molecule has 0 aliphatic heterocycles. The molecule has 11 heavy (non-hydrogen) atoms. The van der Waals surface area contributed by atoms with Gasteiger partial charge in [0.2, 0.25) is 0 Å². The molecule has 0 aliphatic rings. The smallest absolute Gasteiger partial charge is 0.330 e. The van der Waals surface area contributed by atoms with Crippen molar-refractivity contribution in [3.05, 3.63) is 12.2 Å². The van der Waals surface area contributed by atoms with Crippen LogP contribution in [0.25, 0.3) is 0 Å². The average molecular weight is 156 g/mol. The zero-order chi connectivity index (χ0) is 8.85. The van der Waals surface area contributed by atoms with E-state index >= 15 is 0 Å². The van der Waals surface area contributed by atoms with Crippen LogP contribution in [0.5, 0.6) is 0 Å². The van der Waals surface area contributed by atoms with Gasteiger partial charge in [0.25, 0.3) is 0 Å². The molecule has 0 rings (SSSR count). The third-order valence-corrected chi connectivity index (χ3v) is 1.44. The summed E-state index contributed by atoms with van der Waals surface area (Å²) in [6.07, 6.45) is 1.76. The first kappa shape index (κ1) is 9.88. The quantitative estimate of drug-likeness (QED) is 0.481. The van der Waals surface area contributed by atoms with E-state index in [0.29, 0.717) is 12.8 Å². The Bertz CT molecular complexity index is 172. The normalized spacial score (nSPS) is 12.1. The summed E-state index contributed by atoms with van der Waals surface area (Å²) in [5.41, 5.74) is 0.165. The van der Waals surface area contributed by atoms with Gasteiger partial charge in [-0.1, -0.05) is 13.5 Å². The molecule has 0 spiro atoms. The lowest BCUT2D eigenvalue weighted by molar-refractivity contribution is -0.132. The van der Waals surface area contributed by atoms with Crippen LogP contribution in [0, 0.1) is 5.92 Å². The highest BCUT2D eigenvalue weighted by Gasteiger charge is 2.06. The fourth-order valence-electron chi connectivity index (χ4n) is 0.577. The lowest BCUT2D eigenvalue weighted by atomic mass is 10.0. The Morgan fingerprint density at radius 1 is 1.73 bits per heavy atom. The van der Waals surface area contributed by atoms with Crippen molar-refractivity contribution in [3.8, 4) is 0 Å². The topological polar surface area (TPSA) is 54.4 Å². The predicted molar refractivity (Wildman–Crippen MR) is 41.2 cm³/mol. The lowest BCUT2D eigenvalue weighted by Crippen LogP contribution is -2.02. The van der Waals surface area contributed by atoms with Gasteiger partial charge in [0, 0.05) is 11.5 Å². The van der Waals surface area contributed by atoms with E-state index in [2.05, 4.69) is 6.58 Å². The van der Waals surface area contributed by atoms with Gasteiger partial charge in [-0.05, 0) is 12.8 Å². The summed E-state index contributed by atoms with van der Waals surface area (Å²) in [5.74, 6) is -1.06. The molecule has 0 saturated heterocycles. The SMILES string of the molecule is C=C(CCC(C)C=O)C(=O)O. The minimum atomic E-state index is -0.983. The molecule has 0 fully saturated rings. The summed E-state index contributed by atoms with van der Waals surface area (Å²) < 4.78 is 0. The zero-order valence-electron chi connectivity index (χ0n) is 6.54. The summed E-state index contributed by atoms with van der Waals surface area (Å²) in [6.45, 7) is 5.10. The van der Waals surface area contributed by atoms with Gasteiger partial charge < -0.3 is 9.90 Å². The van der Waals surface area contributed by atoms with Crippen LogP contribution in [0.3, 0.4) is 0 Å². The largest absolute Gasteiger partial charge is 0.478 e. The van der Waals surface area contributed by atoms with E-state index < -0.39 is 5.97 Å². The van der Waals surface area contributed by atoms with Gasteiger partial charge in [0.15, 0.2) is 0 Å². The number of carbonyl (C=O) groups excluding carboxylic acids is 1. The van der Waals surface area contributed by atoms with E-state index in [-0.39, 0.29) is 11.5 Å². The van der Waals surface area contributed by atoms with Crippen LogP contribution < -0.4 is 0 Å². The van der Waals surface area contributed by atoms with Gasteiger partial charge in [0.1, 0.15) is 6.29 Å². The molecule has 1 N–H and O–H groups in total. The molecule has 0 aromatic rings. The van der Waals surface area contributed by atoms with Gasteiger partial charge in [0.05, 0.1) is 0 Å². The van der Waals surface area contributed by atoms with Crippen molar-refractivity contribution in [2.24, 2.45) is 5.92 Å². The van der Waals surface area contributed by atoms with Gasteiger partial charge >= 0.3 is 5.97 Å². The summed E-state index contributed by atoms with van der Waals surface area (Å²) in [6, 6.07) is 0. The number of aldehydes is 1. The van der Waals surface area contributed by atoms with E-state index in [1.165, 1.54) is 0 Å². The fraction of sp³-hybridized carbons (Fsp3) is 0.500. The van der Waals surface area contributed by atoms with E-state index in [1.807, 2.05) is 0 Å². The molecule has 0 heterocycles. The lowest BCUT2D eigenvalue weighted by Gasteiger charge is -2.01. The Kier molecular flexibility index (Phi) is 4.18. The van der Waals surface area contributed by atoms with Crippen molar-refractivity contribution in [3.63, 3.8) is 0 Å². The summed E-state index contributed by atoms with van der Waals surface area (Å²) >= 11 is 0. The number of hydrogen-bond donors (Lipinski definition) is 1. The second-order valence-electron chi connectivity index (χ2n) is 2.56. The fourth-order valence-corrected chi connectivity index (χ4v) is 0.577. The van der Waals surface area contributed by atoms with Gasteiger partial charge in [-0.3, -0.25) is 0 Å². The van der Waals surface area contributed by atoms with Gasteiger partial charge in [-0.25, -0.2) is 4.79 Å². The van der Waals surface area contributed by atoms with E-state index in [4.69, 9.17) is 5.11 Å². The molecule has 3 heteroatoms. The molecule has 0 radical (unpaired) electrons. The molecule has 3 nitrogen and oxygen atoms in total. The van der Waals surface area contributed by atoms with Gasteiger partial charge in [-0.2, -0.15) is 0 Å². The monoisotopic (exact) mass is 156 g/mol. The van der Waals surface area contributed by atoms with Gasteiger partial charge in [-0.15, -0.1) is 0 Å². The molecule has 1 unspecified atom stereocenters. The Labute approximate surface area is 65.7 Å². The van der Waals surface area contributed by atoms with Crippen molar-refractivity contribution in [1.82, 2.24) is 0 Å².